The highest BCUT2D eigenvalue weighted by Gasteiger charge is 2.52. The van der Waals surface area contributed by atoms with Crippen molar-refractivity contribution in [2.75, 3.05) is 6.54 Å². The second kappa shape index (κ2) is 8.06. The first-order chi connectivity index (χ1) is 13.8. The molecule has 1 fully saturated rings. The highest BCUT2D eigenvalue weighted by atomic mass is 19.2. The molecule has 0 radical (unpaired) electrons. The lowest BCUT2D eigenvalue weighted by Gasteiger charge is -2.27. The first-order valence-corrected chi connectivity index (χ1v) is 9.17. The molecule has 29 heavy (non-hydrogen) atoms. The normalized spacial score (nSPS) is 18.8. The van der Waals surface area contributed by atoms with Crippen molar-refractivity contribution in [2.45, 2.75) is 31.7 Å². The minimum atomic E-state index is -1.41. The summed E-state index contributed by atoms with van der Waals surface area (Å²) in [5, 5.41) is 2.64. The minimum Gasteiger partial charge on any atom is -0.319 e. The molecule has 0 aliphatic carbocycles. The molecule has 2 aromatic carbocycles. The van der Waals surface area contributed by atoms with E-state index in [4.69, 9.17) is 0 Å². The standard InChI is InChI=1S/C21H19F3N2O3/c1-2-3-10-21(14-5-7-15(22)8-6-14)19(28)26(20(29)25-21)12-18(27)13-4-9-16(23)17(24)11-13/h4-9,11H,2-3,10,12H2,1H3,(H,25,29)/t21-/m1/s1. The van der Waals surface area contributed by atoms with Gasteiger partial charge in [0, 0.05) is 5.56 Å². The molecule has 0 aromatic heterocycles. The van der Waals surface area contributed by atoms with Crippen LogP contribution in [-0.4, -0.2) is 29.2 Å². The summed E-state index contributed by atoms with van der Waals surface area (Å²) in [5.41, 5.74) is -1.15. The van der Waals surface area contributed by atoms with Crippen LogP contribution in [0.5, 0.6) is 0 Å². The number of urea groups is 1. The summed E-state index contributed by atoms with van der Waals surface area (Å²) in [7, 11) is 0. The van der Waals surface area contributed by atoms with Gasteiger partial charge in [-0.1, -0.05) is 31.9 Å². The number of hydrogen-bond donors (Lipinski definition) is 1. The lowest BCUT2D eigenvalue weighted by molar-refractivity contribution is -0.131. The summed E-state index contributed by atoms with van der Waals surface area (Å²) < 4.78 is 39.8. The molecule has 8 heteroatoms. The fourth-order valence-corrected chi connectivity index (χ4v) is 3.36. The number of carbonyl (C=O) groups is 3. The summed E-state index contributed by atoms with van der Waals surface area (Å²) in [5.74, 6) is -4.14. The van der Waals surface area contributed by atoms with Crippen molar-refractivity contribution >= 4 is 17.7 Å². The van der Waals surface area contributed by atoms with E-state index >= 15 is 0 Å². The third-order valence-electron chi connectivity index (χ3n) is 4.96. The smallest absolute Gasteiger partial charge is 0.319 e. The van der Waals surface area contributed by atoms with Crippen LogP contribution in [0, 0.1) is 17.5 Å². The van der Waals surface area contributed by atoms with Crippen LogP contribution in [0.15, 0.2) is 42.5 Å². The predicted molar refractivity (Wildman–Crippen MR) is 98.5 cm³/mol. The molecule has 3 amide bonds. The molecule has 0 spiro atoms. The number of Topliss-reactive ketones (excluding diaryl/α,β-unsaturated/α-hetero) is 1. The van der Waals surface area contributed by atoms with Gasteiger partial charge in [-0.2, -0.15) is 0 Å². The van der Waals surface area contributed by atoms with Gasteiger partial charge >= 0.3 is 6.03 Å². The molecule has 1 saturated heterocycles. The molecular formula is C21H19F3N2O3. The van der Waals surface area contributed by atoms with E-state index in [-0.39, 0.29) is 12.0 Å². The van der Waals surface area contributed by atoms with E-state index in [1.165, 1.54) is 24.3 Å². The SMILES string of the molecule is CCCC[C@]1(c2ccc(F)cc2)NC(=O)N(CC(=O)c2ccc(F)c(F)c2)C1=O. The van der Waals surface area contributed by atoms with E-state index < -0.39 is 47.3 Å². The zero-order chi connectivity index (χ0) is 21.2. The van der Waals surface area contributed by atoms with E-state index in [0.717, 1.165) is 29.5 Å². The van der Waals surface area contributed by atoms with E-state index in [9.17, 15) is 27.6 Å². The summed E-state index contributed by atoms with van der Waals surface area (Å²) in [6.45, 7) is 1.30. The molecule has 5 nitrogen and oxygen atoms in total. The molecule has 2 aromatic rings. The first kappa shape index (κ1) is 20.6. The van der Waals surface area contributed by atoms with Gasteiger partial charge in [0.1, 0.15) is 11.4 Å². The number of halogens is 3. The highest BCUT2D eigenvalue weighted by molar-refractivity contribution is 6.11. The Morgan fingerprint density at radius 2 is 1.72 bits per heavy atom. The average Bonchev–Trinajstić information content (AvgIpc) is 2.94. The molecule has 0 unspecified atom stereocenters. The van der Waals surface area contributed by atoms with Gasteiger partial charge in [-0.15, -0.1) is 0 Å². The Bertz CT molecular complexity index is 962. The number of rotatable bonds is 7. The van der Waals surface area contributed by atoms with Gasteiger partial charge in [0.15, 0.2) is 17.4 Å². The maximum Gasteiger partial charge on any atom is 0.325 e. The van der Waals surface area contributed by atoms with Crippen LogP contribution in [0.2, 0.25) is 0 Å². The lowest BCUT2D eigenvalue weighted by atomic mass is 9.84. The summed E-state index contributed by atoms with van der Waals surface area (Å²) in [4.78, 5) is 38.9. The molecular weight excluding hydrogens is 385 g/mol. The highest BCUT2D eigenvalue weighted by Crippen LogP contribution is 2.34. The zero-order valence-corrected chi connectivity index (χ0v) is 15.7. The third kappa shape index (κ3) is 3.87. The van der Waals surface area contributed by atoms with E-state index in [0.29, 0.717) is 12.0 Å². The Labute approximate surface area is 165 Å². The fraction of sp³-hybridized carbons (Fsp3) is 0.286. The zero-order valence-electron chi connectivity index (χ0n) is 15.7. The average molecular weight is 404 g/mol. The Morgan fingerprint density at radius 1 is 1.03 bits per heavy atom. The van der Waals surface area contributed by atoms with Gasteiger partial charge in [-0.25, -0.2) is 18.0 Å². The van der Waals surface area contributed by atoms with Crippen molar-refractivity contribution in [1.29, 1.82) is 0 Å². The monoisotopic (exact) mass is 404 g/mol. The van der Waals surface area contributed by atoms with Crippen LogP contribution in [0.3, 0.4) is 0 Å². The quantitative estimate of drug-likeness (QED) is 0.562. The fourth-order valence-electron chi connectivity index (χ4n) is 3.36. The van der Waals surface area contributed by atoms with Gasteiger partial charge in [-0.3, -0.25) is 14.5 Å². The molecule has 3 rings (SSSR count). The van der Waals surface area contributed by atoms with Crippen molar-refractivity contribution in [1.82, 2.24) is 10.2 Å². The maximum absolute atomic E-state index is 13.4. The second-order valence-corrected chi connectivity index (χ2v) is 6.89. The number of imide groups is 1. The molecule has 1 atom stereocenters. The van der Waals surface area contributed by atoms with Crippen LogP contribution in [0.25, 0.3) is 0 Å². The Balaban J connectivity index is 1.90. The molecule has 0 saturated carbocycles. The molecule has 1 heterocycles. The summed E-state index contributed by atoms with van der Waals surface area (Å²) >= 11 is 0. The Hall–Kier alpha value is -3.16. The predicted octanol–water partition coefficient (Wildman–Crippen LogP) is 3.92. The third-order valence-corrected chi connectivity index (χ3v) is 4.96. The van der Waals surface area contributed by atoms with Crippen LogP contribution in [0.4, 0.5) is 18.0 Å². The first-order valence-electron chi connectivity index (χ1n) is 9.17. The summed E-state index contributed by atoms with van der Waals surface area (Å²) in [6.07, 6.45) is 1.63. The minimum absolute atomic E-state index is 0.155. The maximum atomic E-state index is 13.4. The largest absolute Gasteiger partial charge is 0.325 e. The Morgan fingerprint density at radius 3 is 2.34 bits per heavy atom. The number of nitrogens with zero attached hydrogens (tertiary/aromatic N) is 1. The molecule has 152 valence electrons. The number of hydrogen-bond acceptors (Lipinski definition) is 3. The number of ketones is 1. The molecule has 1 aliphatic rings. The van der Waals surface area contributed by atoms with Gasteiger partial charge in [0.2, 0.25) is 0 Å². The van der Waals surface area contributed by atoms with Gasteiger partial charge < -0.3 is 5.32 Å². The molecule has 1 N–H and O–H groups in total. The molecule has 1 aliphatic heterocycles. The number of unbranched alkanes of at least 4 members (excludes halogenated alkanes) is 1. The summed E-state index contributed by atoms with van der Waals surface area (Å²) in [6, 6.07) is 7.07. The van der Waals surface area contributed by atoms with E-state index in [1.54, 1.807) is 0 Å². The van der Waals surface area contributed by atoms with Crippen molar-refractivity contribution in [3.8, 4) is 0 Å². The van der Waals surface area contributed by atoms with Crippen molar-refractivity contribution in [2.24, 2.45) is 0 Å². The number of carbonyl (C=O) groups excluding carboxylic acids is 3. The number of nitrogens with one attached hydrogen (secondary N) is 1. The lowest BCUT2D eigenvalue weighted by Crippen LogP contribution is -2.44. The van der Waals surface area contributed by atoms with Crippen molar-refractivity contribution in [3.05, 3.63) is 71.0 Å². The number of benzene rings is 2. The van der Waals surface area contributed by atoms with Gasteiger partial charge in [0.05, 0.1) is 6.54 Å². The van der Waals surface area contributed by atoms with E-state index in [2.05, 4.69) is 5.32 Å². The second-order valence-electron chi connectivity index (χ2n) is 6.89. The van der Waals surface area contributed by atoms with Crippen molar-refractivity contribution < 1.29 is 27.6 Å². The van der Waals surface area contributed by atoms with Crippen LogP contribution in [0.1, 0.15) is 42.1 Å². The van der Waals surface area contributed by atoms with Gasteiger partial charge in [0.25, 0.3) is 5.91 Å². The van der Waals surface area contributed by atoms with Crippen LogP contribution < -0.4 is 5.32 Å². The number of amides is 3. The van der Waals surface area contributed by atoms with Crippen molar-refractivity contribution in [3.63, 3.8) is 0 Å². The molecule has 0 bridgehead atoms. The topological polar surface area (TPSA) is 66.5 Å². The van der Waals surface area contributed by atoms with Crippen LogP contribution in [-0.2, 0) is 10.3 Å². The van der Waals surface area contributed by atoms with E-state index in [1.807, 2.05) is 6.92 Å². The van der Waals surface area contributed by atoms with Crippen LogP contribution >= 0.6 is 0 Å². The van der Waals surface area contributed by atoms with Gasteiger partial charge in [-0.05, 0) is 42.3 Å². The Kier molecular flexibility index (Phi) is 5.72.